The van der Waals surface area contributed by atoms with Crippen molar-refractivity contribution in [2.75, 3.05) is 13.1 Å². The van der Waals surface area contributed by atoms with Gasteiger partial charge in [0, 0.05) is 24.6 Å². The molecule has 1 aromatic heterocycles. The number of benzene rings is 1. The lowest BCUT2D eigenvalue weighted by atomic mass is 9.86. The molecule has 0 spiro atoms. The fourth-order valence-electron chi connectivity index (χ4n) is 2.87. The molecule has 2 unspecified atom stereocenters. The average Bonchev–Trinajstić information content (AvgIpc) is 2.97. The van der Waals surface area contributed by atoms with Crippen LogP contribution in [0.1, 0.15) is 34.2 Å². The highest BCUT2D eigenvalue weighted by Gasteiger charge is 2.29. The first-order valence-electron chi connectivity index (χ1n) is 7.44. The van der Waals surface area contributed by atoms with Gasteiger partial charge in [0.05, 0.1) is 0 Å². The monoisotopic (exact) mass is 321 g/mol. The normalized spacial score (nSPS) is 21.2. The van der Waals surface area contributed by atoms with Crippen molar-refractivity contribution in [1.29, 1.82) is 0 Å². The number of nitrogens with zero attached hydrogens (tertiary/aromatic N) is 1. The van der Waals surface area contributed by atoms with E-state index in [4.69, 9.17) is 4.52 Å². The van der Waals surface area contributed by atoms with Gasteiger partial charge < -0.3 is 15.2 Å². The van der Waals surface area contributed by atoms with Gasteiger partial charge in [0.25, 0.3) is 5.91 Å². The van der Waals surface area contributed by atoms with Gasteiger partial charge in [-0.3, -0.25) is 4.79 Å². The molecule has 1 amide bonds. The molecule has 0 aliphatic carbocycles. The van der Waals surface area contributed by atoms with E-state index in [9.17, 15) is 13.6 Å². The van der Waals surface area contributed by atoms with E-state index >= 15 is 0 Å². The minimum Gasteiger partial charge on any atom is -0.361 e. The van der Waals surface area contributed by atoms with Crippen LogP contribution in [0, 0.1) is 18.6 Å². The number of halogens is 2. The summed E-state index contributed by atoms with van der Waals surface area (Å²) in [4.78, 5) is 12.2. The topological polar surface area (TPSA) is 67.2 Å². The first kappa shape index (κ1) is 15.6. The summed E-state index contributed by atoms with van der Waals surface area (Å²) in [6, 6.07) is 5.20. The molecule has 0 radical (unpaired) electrons. The van der Waals surface area contributed by atoms with E-state index in [0.717, 1.165) is 12.6 Å². The van der Waals surface area contributed by atoms with Crippen molar-refractivity contribution in [2.24, 2.45) is 0 Å². The Hall–Kier alpha value is -2.28. The summed E-state index contributed by atoms with van der Waals surface area (Å²) in [5, 5.41) is 9.77. The van der Waals surface area contributed by atoms with Crippen LogP contribution in [0.5, 0.6) is 0 Å². The van der Waals surface area contributed by atoms with Crippen LogP contribution in [0.3, 0.4) is 0 Å². The van der Waals surface area contributed by atoms with Crippen LogP contribution in [0.4, 0.5) is 8.78 Å². The Bertz CT molecular complexity index is 717. The molecule has 122 valence electrons. The molecule has 1 saturated heterocycles. The summed E-state index contributed by atoms with van der Waals surface area (Å²) in [6.45, 7) is 3.00. The van der Waals surface area contributed by atoms with Crippen LogP contribution in [-0.2, 0) is 0 Å². The quantitative estimate of drug-likeness (QED) is 0.909. The van der Waals surface area contributed by atoms with E-state index in [-0.39, 0.29) is 23.6 Å². The van der Waals surface area contributed by atoms with Crippen molar-refractivity contribution < 1.29 is 18.1 Å². The minimum atomic E-state index is -0.877. The molecule has 7 heteroatoms. The number of hydrogen-bond donors (Lipinski definition) is 2. The first-order valence-corrected chi connectivity index (χ1v) is 7.44. The molecule has 3 rings (SSSR count). The maximum Gasteiger partial charge on any atom is 0.273 e. The zero-order valence-electron chi connectivity index (χ0n) is 12.6. The third-order valence-electron chi connectivity index (χ3n) is 4.03. The predicted octanol–water partition coefficient (Wildman–Crippen LogP) is 2.14. The van der Waals surface area contributed by atoms with E-state index in [1.807, 2.05) is 0 Å². The summed E-state index contributed by atoms with van der Waals surface area (Å²) < 4.78 is 31.5. The van der Waals surface area contributed by atoms with E-state index in [1.54, 1.807) is 19.1 Å². The lowest BCUT2D eigenvalue weighted by molar-refractivity contribution is 0.0915. The van der Waals surface area contributed by atoms with Crippen LogP contribution in [0.15, 0.2) is 28.8 Å². The zero-order chi connectivity index (χ0) is 16.4. The fourth-order valence-corrected chi connectivity index (χ4v) is 2.87. The molecule has 1 aliphatic rings. The van der Waals surface area contributed by atoms with Crippen molar-refractivity contribution in [3.05, 3.63) is 52.9 Å². The summed E-state index contributed by atoms with van der Waals surface area (Å²) in [7, 11) is 0. The third kappa shape index (κ3) is 3.39. The summed E-state index contributed by atoms with van der Waals surface area (Å²) in [5.41, 5.74) is 0.879. The Kier molecular flexibility index (Phi) is 4.38. The molecular formula is C16H17F2N3O2. The summed E-state index contributed by atoms with van der Waals surface area (Å²) in [5.74, 6) is -1.64. The highest BCUT2D eigenvalue weighted by Crippen LogP contribution is 2.27. The van der Waals surface area contributed by atoms with Crippen LogP contribution < -0.4 is 10.6 Å². The van der Waals surface area contributed by atoms with Crippen LogP contribution in [-0.4, -0.2) is 30.2 Å². The summed E-state index contributed by atoms with van der Waals surface area (Å²) in [6.07, 6.45) is 0.716. The largest absolute Gasteiger partial charge is 0.361 e. The van der Waals surface area contributed by atoms with Gasteiger partial charge in [-0.25, -0.2) is 8.78 Å². The maximum atomic E-state index is 13.5. The molecule has 23 heavy (non-hydrogen) atoms. The summed E-state index contributed by atoms with van der Waals surface area (Å²) >= 11 is 0. The van der Waals surface area contributed by atoms with Gasteiger partial charge in [0.15, 0.2) is 17.3 Å². The number of carbonyl (C=O) groups is 1. The van der Waals surface area contributed by atoms with Gasteiger partial charge in [-0.1, -0.05) is 11.2 Å². The zero-order valence-corrected chi connectivity index (χ0v) is 12.6. The van der Waals surface area contributed by atoms with Crippen molar-refractivity contribution in [1.82, 2.24) is 15.8 Å². The molecule has 2 heterocycles. The standard InChI is InChI=1S/C16H17F2N3O2/c1-9-6-14(21-23-9)16(22)20-15-8-19-5-4-11(15)10-2-3-12(17)13(18)7-10/h2-3,6-7,11,15,19H,4-5,8H2,1H3,(H,20,22). The minimum absolute atomic E-state index is 0.0942. The average molecular weight is 321 g/mol. The van der Waals surface area contributed by atoms with E-state index < -0.39 is 11.6 Å². The molecule has 1 aromatic carbocycles. The van der Waals surface area contributed by atoms with E-state index in [1.165, 1.54) is 6.07 Å². The number of nitrogens with one attached hydrogen (secondary N) is 2. The Labute approximate surface area is 132 Å². The number of aromatic nitrogens is 1. The van der Waals surface area contributed by atoms with Crippen molar-refractivity contribution in [2.45, 2.75) is 25.3 Å². The molecule has 0 bridgehead atoms. The van der Waals surface area contributed by atoms with Gasteiger partial charge >= 0.3 is 0 Å². The fraction of sp³-hybridized carbons (Fsp3) is 0.375. The van der Waals surface area contributed by atoms with Crippen molar-refractivity contribution in [3.8, 4) is 0 Å². The van der Waals surface area contributed by atoms with Crippen LogP contribution in [0.2, 0.25) is 0 Å². The number of piperidine rings is 1. The molecule has 0 saturated carbocycles. The van der Waals surface area contributed by atoms with Gasteiger partial charge in [-0.15, -0.1) is 0 Å². The smallest absolute Gasteiger partial charge is 0.273 e. The van der Waals surface area contributed by atoms with Crippen molar-refractivity contribution in [3.63, 3.8) is 0 Å². The second kappa shape index (κ2) is 6.45. The Morgan fingerprint density at radius 2 is 2.17 bits per heavy atom. The Morgan fingerprint density at radius 1 is 1.35 bits per heavy atom. The molecule has 1 fully saturated rings. The van der Waals surface area contributed by atoms with Gasteiger partial charge in [-0.2, -0.15) is 0 Å². The molecule has 2 N–H and O–H groups in total. The SMILES string of the molecule is Cc1cc(C(=O)NC2CNCCC2c2ccc(F)c(F)c2)no1. The lowest BCUT2D eigenvalue weighted by Gasteiger charge is -2.33. The van der Waals surface area contributed by atoms with E-state index in [0.29, 0.717) is 24.3 Å². The Morgan fingerprint density at radius 3 is 2.87 bits per heavy atom. The number of amides is 1. The third-order valence-corrected chi connectivity index (χ3v) is 4.03. The molecule has 5 nitrogen and oxygen atoms in total. The molecular weight excluding hydrogens is 304 g/mol. The second-order valence-corrected chi connectivity index (χ2v) is 5.68. The highest BCUT2D eigenvalue weighted by molar-refractivity contribution is 5.92. The maximum absolute atomic E-state index is 13.5. The van der Waals surface area contributed by atoms with Gasteiger partial charge in [0.1, 0.15) is 5.76 Å². The first-order chi connectivity index (χ1) is 11.0. The predicted molar refractivity (Wildman–Crippen MR) is 79.1 cm³/mol. The van der Waals surface area contributed by atoms with Gasteiger partial charge in [0.2, 0.25) is 0 Å². The molecule has 2 aromatic rings. The lowest BCUT2D eigenvalue weighted by Crippen LogP contribution is -2.50. The van der Waals surface area contributed by atoms with Crippen molar-refractivity contribution >= 4 is 5.91 Å². The highest BCUT2D eigenvalue weighted by atomic mass is 19.2. The number of aryl methyl sites for hydroxylation is 1. The molecule has 1 aliphatic heterocycles. The van der Waals surface area contributed by atoms with Crippen LogP contribution >= 0.6 is 0 Å². The number of carbonyl (C=O) groups excluding carboxylic acids is 1. The van der Waals surface area contributed by atoms with Crippen LogP contribution in [0.25, 0.3) is 0 Å². The Balaban J connectivity index is 1.78. The number of rotatable bonds is 3. The molecule has 2 atom stereocenters. The van der Waals surface area contributed by atoms with E-state index in [2.05, 4.69) is 15.8 Å². The van der Waals surface area contributed by atoms with Gasteiger partial charge in [-0.05, 0) is 37.6 Å². The number of hydrogen-bond acceptors (Lipinski definition) is 4. The second-order valence-electron chi connectivity index (χ2n) is 5.68.